The summed E-state index contributed by atoms with van der Waals surface area (Å²) in [5.74, 6) is -3.12. The molecule has 0 aliphatic rings. The molecule has 4 amide bonds. The van der Waals surface area contributed by atoms with Crippen molar-refractivity contribution in [2.24, 2.45) is 0 Å². The summed E-state index contributed by atoms with van der Waals surface area (Å²) in [5.41, 5.74) is 0. The minimum Gasteiger partial charge on any atom is -0.481 e. The van der Waals surface area contributed by atoms with Gasteiger partial charge in [-0.2, -0.15) is 0 Å². The molecular weight excluding hydrogens is 782 g/mol. The highest BCUT2D eigenvalue weighted by atomic mass is 16.5. The number of nitrogens with one attached hydrogen (secondary N) is 5. The third kappa shape index (κ3) is 39.7. The van der Waals surface area contributed by atoms with Gasteiger partial charge in [-0.1, -0.05) is 77.0 Å². The van der Waals surface area contributed by atoms with Crippen molar-refractivity contribution in [1.29, 1.82) is 0 Å². The number of carboxylic acids is 2. The van der Waals surface area contributed by atoms with Gasteiger partial charge >= 0.3 is 11.9 Å². The standard InChI is InChI=1S/C42H77N5O13/c1-43-35(32-48)18-16-17-23-44-39(51)33-59-30-29-58-27-25-46-40(52)34-60-31-28-57-26-24-45-37(49)22-21-36(42(55)56)47-38(50)19-14-12-10-8-6-4-2-3-5-7-9-11-13-15-20-41(53)54/h32,35-36,43H,2-31,33-34H2,1H3,(H,44,51)(H,45,49)(H,46,52)(H,47,50)(H,53,54)(H,55,56). The number of carbonyl (C=O) groups is 7. The number of likely N-dealkylation sites (N-methyl/N-ethyl adjacent to an activating group) is 1. The van der Waals surface area contributed by atoms with E-state index in [1.165, 1.54) is 44.9 Å². The Morgan fingerprint density at radius 1 is 0.483 bits per heavy atom. The van der Waals surface area contributed by atoms with Gasteiger partial charge in [0.25, 0.3) is 0 Å². The third-order valence-corrected chi connectivity index (χ3v) is 9.48. The van der Waals surface area contributed by atoms with Crippen molar-refractivity contribution >= 4 is 41.9 Å². The van der Waals surface area contributed by atoms with E-state index >= 15 is 0 Å². The number of ether oxygens (including phenoxy) is 4. The summed E-state index contributed by atoms with van der Waals surface area (Å²) in [4.78, 5) is 81.1. The second-order valence-corrected chi connectivity index (χ2v) is 14.7. The van der Waals surface area contributed by atoms with Gasteiger partial charge in [0, 0.05) is 38.9 Å². The Bertz CT molecular complexity index is 1150. The van der Waals surface area contributed by atoms with Crippen molar-refractivity contribution < 1.29 is 62.7 Å². The minimum absolute atomic E-state index is 0.0256. The van der Waals surface area contributed by atoms with Crippen LogP contribution in [0.4, 0.5) is 0 Å². The lowest BCUT2D eigenvalue weighted by molar-refractivity contribution is -0.142. The second-order valence-electron chi connectivity index (χ2n) is 14.7. The lowest BCUT2D eigenvalue weighted by Gasteiger charge is -2.14. The number of amides is 4. The first-order valence-electron chi connectivity index (χ1n) is 22.1. The lowest BCUT2D eigenvalue weighted by atomic mass is 10.0. The average Bonchev–Trinajstić information content (AvgIpc) is 3.22. The van der Waals surface area contributed by atoms with E-state index in [2.05, 4.69) is 26.6 Å². The number of carboxylic acid groups (broad SMARTS) is 2. The monoisotopic (exact) mass is 860 g/mol. The molecular formula is C42H77N5O13. The molecule has 7 N–H and O–H groups in total. The number of hydrogen-bond donors (Lipinski definition) is 7. The average molecular weight is 860 g/mol. The Hall–Kier alpha value is -3.71. The summed E-state index contributed by atoms with van der Waals surface area (Å²) < 4.78 is 21.3. The summed E-state index contributed by atoms with van der Waals surface area (Å²) in [6, 6.07) is -1.30. The fraction of sp³-hybridized carbons (Fsp3) is 0.833. The molecule has 0 fully saturated rings. The molecule has 60 heavy (non-hydrogen) atoms. The van der Waals surface area contributed by atoms with Crippen molar-refractivity contribution in [1.82, 2.24) is 26.6 Å². The molecule has 18 heteroatoms. The maximum absolute atomic E-state index is 12.3. The first-order chi connectivity index (χ1) is 29.1. The van der Waals surface area contributed by atoms with Gasteiger partial charge in [0.05, 0.1) is 45.7 Å². The largest absolute Gasteiger partial charge is 0.481 e. The molecule has 2 atom stereocenters. The van der Waals surface area contributed by atoms with E-state index < -0.39 is 18.0 Å². The number of rotatable bonds is 45. The smallest absolute Gasteiger partial charge is 0.326 e. The van der Waals surface area contributed by atoms with Crippen molar-refractivity contribution in [3.63, 3.8) is 0 Å². The molecule has 0 aromatic heterocycles. The molecule has 18 nitrogen and oxygen atoms in total. The van der Waals surface area contributed by atoms with Crippen LogP contribution in [0.3, 0.4) is 0 Å². The van der Waals surface area contributed by atoms with Crippen LogP contribution in [0.5, 0.6) is 0 Å². The lowest BCUT2D eigenvalue weighted by Crippen LogP contribution is -2.41. The highest BCUT2D eigenvalue weighted by Crippen LogP contribution is 2.14. The molecule has 0 aliphatic carbocycles. The van der Waals surface area contributed by atoms with Crippen molar-refractivity contribution in [3.8, 4) is 0 Å². The molecule has 0 saturated carbocycles. The Morgan fingerprint density at radius 2 is 0.933 bits per heavy atom. The van der Waals surface area contributed by atoms with Crippen molar-refractivity contribution in [2.75, 3.05) is 79.5 Å². The molecule has 0 bridgehead atoms. The van der Waals surface area contributed by atoms with Crippen LogP contribution in [-0.4, -0.2) is 144 Å². The summed E-state index contributed by atoms with van der Waals surface area (Å²) in [7, 11) is 1.73. The predicted molar refractivity (Wildman–Crippen MR) is 225 cm³/mol. The maximum Gasteiger partial charge on any atom is 0.326 e. The quantitative estimate of drug-likeness (QED) is 0.0343. The number of aldehydes is 1. The van der Waals surface area contributed by atoms with Crippen molar-refractivity contribution in [3.05, 3.63) is 0 Å². The van der Waals surface area contributed by atoms with E-state index in [9.17, 15) is 38.7 Å². The molecule has 0 rings (SSSR count). The third-order valence-electron chi connectivity index (χ3n) is 9.48. The van der Waals surface area contributed by atoms with Crippen LogP contribution in [0, 0.1) is 0 Å². The normalized spacial score (nSPS) is 12.0. The molecule has 0 saturated heterocycles. The SMILES string of the molecule is CNC(C=O)CCCCNC(=O)COCCOCCNC(=O)COCCOCCNC(=O)CCC(NC(=O)CCCCCCCCCCCCCCCCC(=O)O)C(=O)O. The van der Waals surface area contributed by atoms with Gasteiger partial charge in [-0.05, 0) is 45.6 Å². The second kappa shape index (κ2) is 42.0. The summed E-state index contributed by atoms with van der Waals surface area (Å²) in [5, 5.41) is 31.7. The van der Waals surface area contributed by atoms with E-state index in [1.54, 1.807) is 7.05 Å². The molecule has 0 spiro atoms. The van der Waals surface area contributed by atoms with E-state index in [0.717, 1.165) is 64.1 Å². The van der Waals surface area contributed by atoms with E-state index in [0.29, 0.717) is 13.0 Å². The first kappa shape index (κ1) is 56.3. The minimum atomic E-state index is -1.18. The van der Waals surface area contributed by atoms with Gasteiger partial charge in [-0.3, -0.25) is 24.0 Å². The number of unbranched alkanes of at least 4 members (excludes halogenated alkanes) is 14. The zero-order valence-electron chi connectivity index (χ0n) is 36.2. The predicted octanol–water partition coefficient (Wildman–Crippen LogP) is 3.03. The van der Waals surface area contributed by atoms with Gasteiger partial charge in [-0.25, -0.2) is 4.79 Å². The number of hydrogen-bond acceptors (Lipinski definition) is 12. The fourth-order valence-corrected chi connectivity index (χ4v) is 5.97. The van der Waals surface area contributed by atoms with Gasteiger partial charge < -0.3 is 60.5 Å². The van der Waals surface area contributed by atoms with Crippen LogP contribution in [0.25, 0.3) is 0 Å². The Kier molecular flexibility index (Phi) is 39.4. The van der Waals surface area contributed by atoms with Gasteiger partial charge in [-0.15, -0.1) is 0 Å². The Balaban J connectivity index is 3.65. The zero-order valence-corrected chi connectivity index (χ0v) is 36.2. The van der Waals surface area contributed by atoms with E-state index in [-0.39, 0.29) is 121 Å². The zero-order chi connectivity index (χ0) is 44.3. The van der Waals surface area contributed by atoms with E-state index in [1.807, 2.05) is 0 Å². The van der Waals surface area contributed by atoms with Crippen LogP contribution in [0.15, 0.2) is 0 Å². The maximum atomic E-state index is 12.3. The highest BCUT2D eigenvalue weighted by Gasteiger charge is 2.20. The van der Waals surface area contributed by atoms with Crippen molar-refractivity contribution in [2.45, 2.75) is 147 Å². The van der Waals surface area contributed by atoms with Gasteiger partial charge in [0.15, 0.2) is 0 Å². The molecule has 348 valence electrons. The van der Waals surface area contributed by atoms with Crippen LogP contribution in [0.1, 0.15) is 135 Å². The molecule has 0 radical (unpaired) electrons. The Morgan fingerprint density at radius 3 is 1.40 bits per heavy atom. The summed E-state index contributed by atoms with van der Waals surface area (Å²) in [6.07, 6.45) is 18.7. The number of aliphatic carboxylic acids is 2. The van der Waals surface area contributed by atoms with Gasteiger partial charge in [0.1, 0.15) is 25.5 Å². The molecule has 0 aromatic carbocycles. The molecule has 2 unspecified atom stereocenters. The molecule has 0 aliphatic heterocycles. The summed E-state index contributed by atoms with van der Waals surface area (Å²) >= 11 is 0. The van der Waals surface area contributed by atoms with Crippen LogP contribution < -0.4 is 26.6 Å². The van der Waals surface area contributed by atoms with Crippen LogP contribution >= 0.6 is 0 Å². The van der Waals surface area contributed by atoms with Gasteiger partial charge in [0.2, 0.25) is 23.6 Å². The highest BCUT2D eigenvalue weighted by molar-refractivity contribution is 5.84. The Labute approximate surface area is 357 Å². The topological polar surface area (TPSA) is 257 Å². The molecule has 0 aromatic rings. The van der Waals surface area contributed by atoms with Crippen LogP contribution in [-0.2, 0) is 52.5 Å². The first-order valence-corrected chi connectivity index (χ1v) is 22.1. The fourth-order valence-electron chi connectivity index (χ4n) is 5.97. The number of carbonyl (C=O) groups excluding carboxylic acids is 5. The summed E-state index contributed by atoms with van der Waals surface area (Å²) in [6.45, 7) is 2.12. The van der Waals surface area contributed by atoms with Crippen LogP contribution in [0.2, 0.25) is 0 Å². The van der Waals surface area contributed by atoms with E-state index in [4.69, 9.17) is 24.1 Å². The molecule has 0 heterocycles.